The first-order valence-electron chi connectivity index (χ1n) is 10.7. The molecule has 3 rings (SSSR count). The fourth-order valence-corrected chi connectivity index (χ4v) is 3.55. The van der Waals surface area contributed by atoms with Crippen molar-refractivity contribution in [2.45, 2.75) is 31.4 Å². The third kappa shape index (κ3) is 7.28. The lowest BCUT2D eigenvalue weighted by molar-refractivity contribution is 0.106. The first kappa shape index (κ1) is 23.6. The van der Waals surface area contributed by atoms with Crippen molar-refractivity contribution in [1.29, 1.82) is 0 Å². The van der Waals surface area contributed by atoms with Gasteiger partial charge in [0, 0.05) is 37.4 Å². The number of hydrogen-bond donors (Lipinski definition) is 5. The first-order chi connectivity index (χ1) is 15.4. The normalized spacial score (nSPS) is 15.4. The average molecular weight is 448 g/mol. The van der Waals surface area contributed by atoms with E-state index in [9.17, 15) is 14.3 Å². The first-order valence-corrected chi connectivity index (χ1v) is 10.7. The molecule has 0 unspecified atom stereocenters. The zero-order valence-corrected chi connectivity index (χ0v) is 17.8. The van der Waals surface area contributed by atoms with Gasteiger partial charge in [-0.25, -0.2) is 9.18 Å². The monoisotopic (exact) mass is 447 g/mol. The Kier molecular flexibility index (Phi) is 8.52. The Labute approximate surface area is 186 Å². The molecular weight excluding hydrogens is 417 g/mol. The van der Waals surface area contributed by atoms with E-state index in [2.05, 4.69) is 22.8 Å². The highest BCUT2D eigenvalue weighted by molar-refractivity contribution is 5.65. The lowest BCUT2D eigenvalue weighted by Crippen LogP contribution is -2.41. The molecule has 1 saturated heterocycles. The topological polar surface area (TPSA) is 114 Å². The van der Waals surface area contributed by atoms with Crippen LogP contribution in [0.4, 0.5) is 14.9 Å². The maximum absolute atomic E-state index is 13.3. The summed E-state index contributed by atoms with van der Waals surface area (Å²) < 4.78 is 18.6. The van der Waals surface area contributed by atoms with Crippen molar-refractivity contribution >= 4 is 11.8 Å². The van der Waals surface area contributed by atoms with Crippen molar-refractivity contribution < 1.29 is 29.2 Å². The summed E-state index contributed by atoms with van der Waals surface area (Å²) in [6, 6.07) is 12.2. The number of likely N-dealkylation sites (tertiary alicyclic amines) is 1. The van der Waals surface area contributed by atoms with Crippen molar-refractivity contribution in [1.82, 2.24) is 10.2 Å². The molecule has 0 saturated carbocycles. The number of aliphatic hydroxyl groups excluding tert-OH is 1. The lowest BCUT2D eigenvalue weighted by Gasteiger charge is -2.31. The second kappa shape index (κ2) is 11.5. The van der Waals surface area contributed by atoms with Crippen LogP contribution in [0.1, 0.15) is 18.4 Å². The van der Waals surface area contributed by atoms with E-state index >= 15 is 0 Å². The Morgan fingerprint density at radius 3 is 2.56 bits per heavy atom. The molecule has 8 nitrogen and oxygen atoms in total. The average Bonchev–Trinajstić information content (AvgIpc) is 2.79. The molecule has 1 amide bonds. The predicted octanol–water partition coefficient (Wildman–Crippen LogP) is 2.66. The van der Waals surface area contributed by atoms with E-state index in [4.69, 9.17) is 14.9 Å². The number of rotatable bonds is 10. The third-order valence-corrected chi connectivity index (χ3v) is 5.42. The van der Waals surface area contributed by atoms with Gasteiger partial charge in [0.2, 0.25) is 0 Å². The summed E-state index contributed by atoms with van der Waals surface area (Å²) >= 11 is 0. The van der Waals surface area contributed by atoms with Gasteiger partial charge in [0.15, 0.2) is 11.6 Å². The van der Waals surface area contributed by atoms with Gasteiger partial charge < -0.3 is 35.6 Å². The number of nitrogens with zero attached hydrogens (tertiary/aromatic N) is 1. The highest BCUT2D eigenvalue weighted by Crippen LogP contribution is 2.21. The van der Waals surface area contributed by atoms with E-state index in [1.54, 1.807) is 0 Å². The second-order valence-electron chi connectivity index (χ2n) is 7.92. The van der Waals surface area contributed by atoms with Crippen molar-refractivity contribution in [3.8, 4) is 11.5 Å². The molecule has 174 valence electrons. The van der Waals surface area contributed by atoms with Gasteiger partial charge in [0.1, 0.15) is 18.5 Å². The van der Waals surface area contributed by atoms with Crippen LogP contribution >= 0.6 is 0 Å². The van der Waals surface area contributed by atoms with Gasteiger partial charge in [-0.3, -0.25) is 0 Å². The summed E-state index contributed by atoms with van der Waals surface area (Å²) in [5.41, 5.74) is 2.18. The SMILES string of the molecule is O=C(O)N1CCC(Nc2ccc(CCNC[C@H](O)COc3ccc(O)c(F)c3)cc2)CC1. The number of hydrogen-bond acceptors (Lipinski definition) is 6. The summed E-state index contributed by atoms with van der Waals surface area (Å²) in [7, 11) is 0. The van der Waals surface area contributed by atoms with Crippen LogP contribution in [0.2, 0.25) is 0 Å². The molecule has 1 heterocycles. The Balaban J connectivity index is 1.30. The number of phenols is 1. The number of halogens is 1. The molecular formula is C23H30FN3O5. The van der Waals surface area contributed by atoms with Gasteiger partial charge in [-0.2, -0.15) is 0 Å². The Hall–Kier alpha value is -3.04. The summed E-state index contributed by atoms with van der Waals surface area (Å²) in [4.78, 5) is 12.4. The predicted molar refractivity (Wildman–Crippen MR) is 119 cm³/mol. The number of phenolic OH excluding ortho intramolecular Hbond substituents is 1. The van der Waals surface area contributed by atoms with Gasteiger partial charge in [0.05, 0.1) is 0 Å². The number of aromatic hydroxyl groups is 1. The Bertz CT molecular complexity index is 872. The number of benzene rings is 2. The maximum Gasteiger partial charge on any atom is 0.407 e. The van der Waals surface area contributed by atoms with E-state index in [1.807, 2.05) is 12.1 Å². The standard InChI is InChI=1S/C23H30FN3O5/c24-21-13-20(5-6-22(21)29)32-15-19(28)14-25-10-7-16-1-3-17(4-2-16)26-18-8-11-27(12-9-18)23(30)31/h1-6,13,18-19,25-26,28-29H,7-12,14-15H2,(H,30,31)/t19-/m0/s1. The number of carbonyl (C=O) groups is 1. The Morgan fingerprint density at radius 2 is 1.91 bits per heavy atom. The van der Waals surface area contributed by atoms with E-state index in [-0.39, 0.29) is 18.4 Å². The molecule has 0 aromatic heterocycles. The molecule has 1 atom stereocenters. The highest BCUT2D eigenvalue weighted by atomic mass is 19.1. The molecule has 0 aliphatic carbocycles. The summed E-state index contributed by atoms with van der Waals surface area (Å²) in [5.74, 6) is -0.954. The van der Waals surface area contributed by atoms with Gasteiger partial charge >= 0.3 is 6.09 Å². The molecule has 0 radical (unpaired) electrons. The fraction of sp³-hybridized carbons (Fsp3) is 0.435. The molecule has 2 aromatic rings. The molecule has 0 spiro atoms. The maximum atomic E-state index is 13.3. The number of piperidine rings is 1. The van der Waals surface area contributed by atoms with Crippen LogP contribution in [0, 0.1) is 5.82 Å². The molecule has 1 fully saturated rings. The minimum absolute atomic E-state index is 0.0168. The van der Waals surface area contributed by atoms with Crippen LogP contribution in [-0.2, 0) is 6.42 Å². The molecule has 9 heteroatoms. The molecule has 1 aliphatic rings. The van der Waals surface area contributed by atoms with Gasteiger partial charge in [-0.1, -0.05) is 12.1 Å². The minimum Gasteiger partial charge on any atom is -0.505 e. The van der Waals surface area contributed by atoms with Crippen LogP contribution in [0.5, 0.6) is 11.5 Å². The van der Waals surface area contributed by atoms with Gasteiger partial charge in [-0.05, 0) is 55.6 Å². The van der Waals surface area contributed by atoms with Gasteiger partial charge in [0.25, 0.3) is 0 Å². The van der Waals surface area contributed by atoms with Crippen molar-refractivity contribution in [3.63, 3.8) is 0 Å². The zero-order valence-electron chi connectivity index (χ0n) is 17.8. The number of aliphatic hydroxyl groups is 1. The van der Waals surface area contributed by atoms with Crippen LogP contribution < -0.4 is 15.4 Å². The quantitative estimate of drug-likeness (QED) is 0.356. The van der Waals surface area contributed by atoms with Crippen LogP contribution in [0.3, 0.4) is 0 Å². The molecule has 2 aromatic carbocycles. The number of nitrogens with one attached hydrogen (secondary N) is 2. The second-order valence-corrected chi connectivity index (χ2v) is 7.92. The van der Waals surface area contributed by atoms with Crippen LogP contribution in [-0.4, -0.2) is 71.2 Å². The lowest BCUT2D eigenvalue weighted by atomic mass is 10.0. The smallest absolute Gasteiger partial charge is 0.407 e. The number of ether oxygens (including phenoxy) is 1. The minimum atomic E-state index is -0.853. The number of amides is 1. The van der Waals surface area contributed by atoms with E-state index in [1.165, 1.54) is 17.0 Å². The zero-order chi connectivity index (χ0) is 22.9. The molecule has 5 N–H and O–H groups in total. The Morgan fingerprint density at radius 1 is 1.19 bits per heavy atom. The van der Waals surface area contributed by atoms with Crippen molar-refractivity contribution in [2.75, 3.05) is 38.1 Å². The summed E-state index contributed by atoms with van der Waals surface area (Å²) in [5, 5.41) is 34.8. The third-order valence-electron chi connectivity index (χ3n) is 5.42. The van der Waals surface area contributed by atoms with Gasteiger partial charge in [-0.15, -0.1) is 0 Å². The van der Waals surface area contributed by atoms with Crippen LogP contribution in [0.25, 0.3) is 0 Å². The van der Waals surface area contributed by atoms with Crippen LogP contribution in [0.15, 0.2) is 42.5 Å². The van der Waals surface area contributed by atoms with E-state index < -0.39 is 23.8 Å². The van der Waals surface area contributed by atoms with Crippen molar-refractivity contribution in [3.05, 3.63) is 53.8 Å². The molecule has 32 heavy (non-hydrogen) atoms. The molecule has 0 bridgehead atoms. The number of anilines is 1. The number of carboxylic acid groups (broad SMARTS) is 1. The van der Waals surface area contributed by atoms with E-state index in [0.717, 1.165) is 36.6 Å². The van der Waals surface area contributed by atoms with E-state index in [0.29, 0.717) is 26.2 Å². The largest absolute Gasteiger partial charge is 0.505 e. The summed E-state index contributed by atoms with van der Waals surface area (Å²) in [6.45, 7) is 2.16. The highest BCUT2D eigenvalue weighted by Gasteiger charge is 2.21. The molecule has 1 aliphatic heterocycles. The van der Waals surface area contributed by atoms with Crippen molar-refractivity contribution in [2.24, 2.45) is 0 Å². The fourth-order valence-electron chi connectivity index (χ4n) is 3.55. The summed E-state index contributed by atoms with van der Waals surface area (Å²) in [6.07, 6.45) is 0.797.